The Kier molecular flexibility index (Phi) is 3.28. The Morgan fingerprint density at radius 1 is 1.15 bits per heavy atom. The number of benzene rings is 2. The molecule has 0 unspecified atom stereocenters. The molecule has 0 fully saturated rings. The first-order chi connectivity index (χ1) is 9.70. The summed E-state index contributed by atoms with van der Waals surface area (Å²) in [6.07, 6.45) is -0.108. The van der Waals surface area contributed by atoms with Crippen LogP contribution in [0.15, 0.2) is 48.5 Å². The van der Waals surface area contributed by atoms with E-state index in [4.69, 9.17) is 4.74 Å². The minimum Gasteiger partial charge on any atom is -0.497 e. The van der Waals surface area contributed by atoms with E-state index in [-0.39, 0.29) is 11.7 Å². The van der Waals surface area contributed by atoms with E-state index in [1.54, 1.807) is 31.4 Å². The normalized spacial score (nSPS) is 20.5. The fraction of sp³-hybridized carbons (Fsp3) is 0.235. The highest BCUT2D eigenvalue weighted by atomic mass is 16.5. The highest BCUT2D eigenvalue weighted by Crippen LogP contribution is 2.37. The van der Waals surface area contributed by atoms with Crippen LogP contribution in [0.25, 0.3) is 0 Å². The standard InChI is InChI=1S/C17H16O3/c1-20-13-8-6-11(7-9-13)16(18)15-10-12-4-2-3-5-14(12)17(15)19/h2-9,15,17,19H,10H2,1H3/t15-,17-/m0/s1. The number of carbonyl (C=O) groups is 1. The zero-order valence-electron chi connectivity index (χ0n) is 11.2. The van der Waals surface area contributed by atoms with Gasteiger partial charge in [-0.25, -0.2) is 0 Å². The summed E-state index contributed by atoms with van der Waals surface area (Å²) in [6, 6.07) is 14.7. The number of ketones is 1. The van der Waals surface area contributed by atoms with Gasteiger partial charge in [0.25, 0.3) is 0 Å². The van der Waals surface area contributed by atoms with Crippen LogP contribution < -0.4 is 4.74 Å². The minimum absolute atomic E-state index is 0.0173. The second-order valence-corrected chi connectivity index (χ2v) is 5.05. The number of hydrogen-bond donors (Lipinski definition) is 1. The third kappa shape index (κ3) is 2.10. The van der Waals surface area contributed by atoms with Gasteiger partial charge in [0, 0.05) is 5.56 Å². The van der Waals surface area contributed by atoms with Gasteiger partial charge in [0.2, 0.25) is 0 Å². The third-order valence-electron chi connectivity index (χ3n) is 3.91. The van der Waals surface area contributed by atoms with E-state index in [0.29, 0.717) is 12.0 Å². The van der Waals surface area contributed by atoms with Crippen LogP contribution in [0.1, 0.15) is 27.6 Å². The van der Waals surface area contributed by atoms with Crippen molar-refractivity contribution in [2.24, 2.45) is 5.92 Å². The Hall–Kier alpha value is -2.13. The van der Waals surface area contributed by atoms with Crippen molar-refractivity contribution in [2.45, 2.75) is 12.5 Å². The van der Waals surface area contributed by atoms with Crippen molar-refractivity contribution in [1.82, 2.24) is 0 Å². The van der Waals surface area contributed by atoms with Gasteiger partial charge in [-0.3, -0.25) is 4.79 Å². The summed E-state index contributed by atoms with van der Waals surface area (Å²) in [6.45, 7) is 0. The third-order valence-corrected chi connectivity index (χ3v) is 3.91. The van der Waals surface area contributed by atoms with Crippen LogP contribution in [0.4, 0.5) is 0 Å². The highest BCUT2D eigenvalue weighted by molar-refractivity contribution is 5.99. The lowest BCUT2D eigenvalue weighted by Gasteiger charge is -2.14. The molecule has 0 heterocycles. The first-order valence-corrected chi connectivity index (χ1v) is 6.65. The number of aliphatic hydroxyl groups is 1. The first kappa shape index (κ1) is 12.9. The molecule has 3 rings (SSSR count). The Balaban J connectivity index is 1.85. The molecule has 3 heteroatoms. The summed E-state index contributed by atoms with van der Waals surface area (Å²) in [5.41, 5.74) is 2.55. The average molecular weight is 268 g/mol. The molecule has 0 spiro atoms. The summed E-state index contributed by atoms with van der Waals surface area (Å²) >= 11 is 0. The quantitative estimate of drug-likeness (QED) is 0.871. The largest absolute Gasteiger partial charge is 0.497 e. The molecule has 0 aliphatic heterocycles. The molecule has 20 heavy (non-hydrogen) atoms. The summed E-state index contributed by atoms with van der Waals surface area (Å²) in [5.74, 6) is 0.314. The summed E-state index contributed by atoms with van der Waals surface area (Å²) in [4.78, 5) is 12.5. The molecule has 2 atom stereocenters. The predicted molar refractivity (Wildman–Crippen MR) is 75.9 cm³/mol. The maximum atomic E-state index is 12.5. The van der Waals surface area contributed by atoms with Crippen molar-refractivity contribution in [3.05, 3.63) is 65.2 Å². The Morgan fingerprint density at radius 2 is 1.85 bits per heavy atom. The highest BCUT2D eigenvalue weighted by Gasteiger charge is 2.35. The van der Waals surface area contributed by atoms with Crippen molar-refractivity contribution in [3.63, 3.8) is 0 Å². The second kappa shape index (κ2) is 5.10. The smallest absolute Gasteiger partial charge is 0.169 e. The number of aliphatic hydroxyl groups excluding tert-OH is 1. The van der Waals surface area contributed by atoms with E-state index in [9.17, 15) is 9.90 Å². The molecule has 0 aromatic heterocycles. The average Bonchev–Trinajstić information content (AvgIpc) is 2.84. The van der Waals surface area contributed by atoms with Gasteiger partial charge in [0.05, 0.1) is 19.1 Å². The molecule has 2 aromatic rings. The van der Waals surface area contributed by atoms with Crippen LogP contribution in [-0.4, -0.2) is 18.0 Å². The number of Topliss-reactive ketones (excluding diaryl/α,β-unsaturated/α-hetero) is 1. The van der Waals surface area contributed by atoms with Crippen molar-refractivity contribution in [1.29, 1.82) is 0 Å². The fourth-order valence-corrected chi connectivity index (χ4v) is 2.78. The number of ether oxygens (including phenoxy) is 1. The lowest BCUT2D eigenvalue weighted by molar-refractivity contribution is 0.0725. The van der Waals surface area contributed by atoms with Gasteiger partial charge in [-0.1, -0.05) is 24.3 Å². The summed E-state index contributed by atoms with van der Waals surface area (Å²) in [5, 5.41) is 10.3. The fourth-order valence-electron chi connectivity index (χ4n) is 2.78. The van der Waals surface area contributed by atoms with Gasteiger partial charge in [-0.15, -0.1) is 0 Å². The summed E-state index contributed by atoms with van der Waals surface area (Å²) < 4.78 is 5.09. The lowest BCUT2D eigenvalue weighted by Crippen LogP contribution is -2.19. The van der Waals surface area contributed by atoms with E-state index < -0.39 is 6.10 Å². The number of hydrogen-bond acceptors (Lipinski definition) is 3. The van der Waals surface area contributed by atoms with E-state index in [0.717, 1.165) is 16.9 Å². The Morgan fingerprint density at radius 3 is 2.50 bits per heavy atom. The molecule has 102 valence electrons. The van der Waals surface area contributed by atoms with Gasteiger partial charge in [0.1, 0.15) is 5.75 Å². The topological polar surface area (TPSA) is 46.5 Å². The molecule has 0 amide bonds. The Labute approximate surface area is 117 Å². The molecule has 1 aliphatic carbocycles. The van der Waals surface area contributed by atoms with E-state index in [2.05, 4.69) is 0 Å². The molecule has 0 bridgehead atoms. The van der Waals surface area contributed by atoms with Gasteiger partial charge in [-0.05, 0) is 41.8 Å². The van der Waals surface area contributed by atoms with Crippen LogP contribution in [0, 0.1) is 5.92 Å². The van der Waals surface area contributed by atoms with Crippen molar-refractivity contribution >= 4 is 5.78 Å². The second-order valence-electron chi connectivity index (χ2n) is 5.05. The molecule has 0 saturated carbocycles. The Bertz CT molecular complexity index is 631. The number of methoxy groups -OCH3 is 1. The SMILES string of the molecule is COc1ccc(C(=O)[C@@H]2Cc3ccccc3[C@@H]2O)cc1. The predicted octanol–water partition coefficient (Wildman–Crippen LogP) is 2.78. The van der Waals surface area contributed by atoms with Gasteiger partial charge in [0.15, 0.2) is 5.78 Å². The first-order valence-electron chi connectivity index (χ1n) is 6.65. The zero-order chi connectivity index (χ0) is 14.1. The maximum Gasteiger partial charge on any atom is 0.169 e. The molecule has 0 radical (unpaired) electrons. The van der Waals surface area contributed by atoms with Crippen LogP contribution in [0.5, 0.6) is 5.75 Å². The summed E-state index contributed by atoms with van der Waals surface area (Å²) in [7, 11) is 1.59. The molecule has 0 saturated heterocycles. The number of carbonyl (C=O) groups excluding carboxylic acids is 1. The van der Waals surface area contributed by atoms with Gasteiger partial charge in [-0.2, -0.15) is 0 Å². The van der Waals surface area contributed by atoms with E-state index >= 15 is 0 Å². The van der Waals surface area contributed by atoms with Crippen molar-refractivity contribution < 1.29 is 14.6 Å². The van der Waals surface area contributed by atoms with Crippen LogP contribution in [0.3, 0.4) is 0 Å². The van der Waals surface area contributed by atoms with Gasteiger partial charge < -0.3 is 9.84 Å². The minimum atomic E-state index is -0.708. The molecule has 2 aromatic carbocycles. The van der Waals surface area contributed by atoms with E-state index in [1.165, 1.54) is 0 Å². The zero-order valence-corrected chi connectivity index (χ0v) is 11.2. The van der Waals surface area contributed by atoms with Gasteiger partial charge >= 0.3 is 0 Å². The molecule has 1 N–H and O–H groups in total. The van der Waals surface area contributed by atoms with Crippen molar-refractivity contribution in [3.8, 4) is 5.75 Å². The number of rotatable bonds is 3. The van der Waals surface area contributed by atoms with Crippen LogP contribution >= 0.6 is 0 Å². The molecular weight excluding hydrogens is 252 g/mol. The number of fused-ring (bicyclic) bond motifs is 1. The molecule has 3 nitrogen and oxygen atoms in total. The maximum absolute atomic E-state index is 12.5. The molecular formula is C17H16O3. The van der Waals surface area contributed by atoms with E-state index in [1.807, 2.05) is 24.3 Å². The van der Waals surface area contributed by atoms with Crippen LogP contribution in [-0.2, 0) is 6.42 Å². The molecule has 1 aliphatic rings. The van der Waals surface area contributed by atoms with Crippen LogP contribution in [0.2, 0.25) is 0 Å². The van der Waals surface area contributed by atoms with Crippen molar-refractivity contribution in [2.75, 3.05) is 7.11 Å². The lowest BCUT2D eigenvalue weighted by atomic mass is 9.93. The monoisotopic (exact) mass is 268 g/mol.